The predicted molar refractivity (Wildman–Crippen MR) is 86.9 cm³/mol. The summed E-state index contributed by atoms with van der Waals surface area (Å²) in [7, 11) is 0. The molecule has 5 heteroatoms. The summed E-state index contributed by atoms with van der Waals surface area (Å²) >= 11 is 1.66. The van der Waals surface area contributed by atoms with Crippen LogP contribution < -0.4 is 15.8 Å². The molecule has 2 rings (SSSR count). The van der Waals surface area contributed by atoms with E-state index in [4.69, 9.17) is 10.5 Å². The first-order valence-corrected chi connectivity index (χ1v) is 7.89. The van der Waals surface area contributed by atoms with Crippen LogP contribution in [0.15, 0.2) is 29.6 Å². The highest BCUT2D eigenvalue weighted by molar-refractivity contribution is 7.10. The first kappa shape index (κ1) is 15.4. The molecule has 0 bridgehead atoms. The molecule has 0 aliphatic heterocycles. The van der Waals surface area contributed by atoms with Gasteiger partial charge in [-0.15, -0.1) is 11.3 Å². The first-order chi connectivity index (χ1) is 10.2. The maximum atomic E-state index is 12.2. The Labute approximate surface area is 128 Å². The van der Waals surface area contributed by atoms with E-state index in [1.165, 1.54) is 10.4 Å². The van der Waals surface area contributed by atoms with Crippen LogP contribution in [0.1, 0.15) is 34.6 Å². The molecule has 0 saturated carbocycles. The average molecular weight is 304 g/mol. The quantitative estimate of drug-likeness (QED) is 0.805. The smallest absolute Gasteiger partial charge is 0.251 e. The van der Waals surface area contributed by atoms with Crippen LogP contribution in [0.25, 0.3) is 0 Å². The Morgan fingerprint density at radius 2 is 2.14 bits per heavy atom. The number of nitrogens with one attached hydrogen (secondary N) is 1. The molecule has 112 valence electrons. The monoisotopic (exact) mass is 304 g/mol. The Balaban J connectivity index is 2.02. The number of anilines is 1. The summed E-state index contributed by atoms with van der Waals surface area (Å²) < 4.78 is 5.37. The van der Waals surface area contributed by atoms with Gasteiger partial charge in [-0.2, -0.15) is 0 Å². The number of ether oxygens (including phenoxy) is 1. The number of hydrogen-bond acceptors (Lipinski definition) is 4. The number of nitrogens with two attached hydrogens (primary N) is 1. The van der Waals surface area contributed by atoms with Crippen molar-refractivity contribution in [3.63, 3.8) is 0 Å². The molecule has 1 amide bonds. The van der Waals surface area contributed by atoms with Crippen molar-refractivity contribution in [1.82, 2.24) is 5.32 Å². The first-order valence-electron chi connectivity index (χ1n) is 7.01. The Bertz CT molecular complexity index is 622. The van der Waals surface area contributed by atoms with Crippen molar-refractivity contribution in [2.24, 2.45) is 0 Å². The maximum absolute atomic E-state index is 12.2. The van der Waals surface area contributed by atoms with Crippen LogP contribution in [0.4, 0.5) is 5.69 Å². The molecule has 3 N–H and O–H groups in total. The van der Waals surface area contributed by atoms with Crippen LogP contribution in [-0.2, 0) is 13.0 Å². The van der Waals surface area contributed by atoms with Crippen molar-refractivity contribution in [3.05, 3.63) is 45.6 Å². The van der Waals surface area contributed by atoms with E-state index in [1.54, 1.807) is 29.5 Å². The molecule has 0 aliphatic carbocycles. The van der Waals surface area contributed by atoms with Crippen LogP contribution in [0, 0.1) is 0 Å². The number of benzene rings is 1. The van der Waals surface area contributed by atoms with Crippen molar-refractivity contribution < 1.29 is 9.53 Å². The molecule has 1 heterocycles. The standard InChI is InChI=1S/C16H20N2O2S/c1-3-11-7-8-21-15(11)10-18-16(19)12-5-6-14(20-4-2)13(17)9-12/h5-9H,3-4,10,17H2,1-2H3,(H,18,19). The lowest BCUT2D eigenvalue weighted by molar-refractivity contribution is 0.0951. The van der Waals surface area contributed by atoms with Gasteiger partial charge in [0.05, 0.1) is 18.8 Å². The second kappa shape index (κ2) is 7.13. The van der Waals surface area contributed by atoms with Crippen molar-refractivity contribution in [2.45, 2.75) is 26.8 Å². The van der Waals surface area contributed by atoms with E-state index in [9.17, 15) is 4.79 Å². The number of rotatable bonds is 6. The van der Waals surface area contributed by atoms with Gasteiger partial charge in [-0.1, -0.05) is 6.92 Å². The highest BCUT2D eigenvalue weighted by Gasteiger charge is 2.10. The van der Waals surface area contributed by atoms with Crippen molar-refractivity contribution in [3.8, 4) is 5.75 Å². The van der Waals surface area contributed by atoms with E-state index >= 15 is 0 Å². The average Bonchev–Trinajstić information content (AvgIpc) is 2.94. The third kappa shape index (κ3) is 3.76. The van der Waals surface area contributed by atoms with Gasteiger partial charge in [0, 0.05) is 10.4 Å². The normalized spacial score (nSPS) is 10.4. The number of carbonyl (C=O) groups is 1. The molecule has 21 heavy (non-hydrogen) atoms. The van der Waals surface area contributed by atoms with Gasteiger partial charge in [0.1, 0.15) is 5.75 Å². The van der Waals surface area contributed by atoms with Gasteiger partial charge in [0.15, 0.2) is 0 Å². The van der Waals surface area contributed by atoms with Crippen molar-refractivity contribution >= 4 is 22.9 Å². The molecule has 0 saturated heterocycles. The third-order valence-corrected chi connectivity index (χ3v) is 4.16. The Hall–Kier alpha value is -2.01. The van der Waals surface area contributed by atoms with Gasteiger partial charge in [-0.05, 0) is 48.6 Å². The largest absolute Gasteiger partial charge is 0.492 e. The fourth-order valence-electron chi connectivity index (χ4n) is 2.08. The number of amides is 1. The van der Waals surface area contributed by atoms with Crippen LogP contribution in [0.3, 0.4) is 0 Å². The SMILES string of the molecule is CCOc1ccc(C(=O)NCc2sccc2CC)cc1N. The summed E-state index contributed by atoms with van der Waals surface area (Å²) in [6.45, 7) is 5.10. The third-order valence-electron chi connectivity index (χ3n) is 3.20. The number of carbonyl (C=O) groups excluding carboxylic acids is 1. The van der Waals surface area contributed by atoms with E-state index in [-0.39, 0.29) is 5.91 Å². The zero-order valence-corrected chi connectivity index (χ0v) is 13.1. The second-order valence-electron chi connectivity index (χ2n) is 4.59. The highest BCUT2D eigenvalue weighted by atomic mass is 32.1. The zero-order valence-electron chi connectivity index (χ0n) is 12.3. The van der Waals surface area contributed by atoms with E-state index in [0.717, 1.165) is 6.42 Å². The molecular weight excluding hydrogens is 284 g/mol. The molecule has 0 aliphatic rings. The number of hydrogen-bond donors (Lipinski definition) is 2. The van der Waals surface area contributed by atoms with Gasteiger partial charge in [-0.3, -0.25) is 4.79 Å². The fourth-order valence-corrected chi connectivity index (χ4v) is 2.99. The fraction of sp³-hybridized carbons (Fsp3) is 0.312. The molecule has 0 radical (unpaired) electrons. The predicted octanol–water partition coefficient (Wildman–Crippen LogP) is 3.22. The Kier molecular flexibility index (Phi) is 5.22. The van der Waals surface area contributed by atoms with Crippen molar-refractivity contribution in [2.75, 3.05) is 12.3 Å². The van der Waals surface area contributed by atoms with E-state index in [2.05, 4.69) is 23.7 Å². The van der Waals surface area contributed by atoms with Gasteiger partial charge < -0.3 is 15.8 Å². The number of nitrogen functional groups attached to an aromatic ring is 1. The van der Waals surface area contributed by atoms with Gasteiger partial charge in [0.2, 0.25) is 0 Å². The molecule has 0 atom stereocenters. The lowest BCUT2D eigenvalue weighted by atomic mass is 10.1. The highest BCUT2D eigenvalue weighted by Crippen LogP contribution is 2.23. The Morgan fingerprint density at radius 3 is 2.81 bits per heavy atom. The summed E-state index contributed by atoms with van der Waals surface area (Å²) in [5.41, 5.74) is 8.19. The lowest BCUT2D eigenvalue weighted by Crippen LogP contribution is -2.22. The molecule has 1 aromatic carbocycles. The summed E-state index contributed by atoms with van der Waals surface area (Å²) in [4.78, 5) is 13.4. The van der Waals surface area contributed by atoms with Gasteiger partial charge >= 0.3 is 0 Å². The molecule has 0 spiro atoms. The second-order valence-corrected chi connectivity index (χ2v) is 5.59. The minimum atomic E-state index is -0.125. The van der Waals surface area contributed by atoms with Gasteiger partial charge in [0.25, 0.3) is 5.91 Å². The summed E-state index contributed by atoms with van der Waals surface area (Å²) in [6, 6.07) is 7.21. The number of thiophene rings is 1. The molecule has 4 nitrogen and oxygen atoms in total. The molecular formula is C16H20N2O2S. The lowest BCUT2D eigenvalue weighted by Gasteiger charge is -2.09. The number of aryl methyl sites for hydroxylation is 1. The molecule has 1 aromatic heterocycles. The summed E-state index contributed by atoms with van der Waals surface area (Å²) in [6.07, 6.45) is 0.977. The zero-order chi connectivity index (χ0) is 15.2. The minimum absolute atomic E-state index is 0.125. The van der Waals surface area contributed by atoms with Gasteiger partial charge in [-0.25, -0.2) is 0 Å². The van der Waals surface area contributed by atoms with Crippen molar-refractivity contribution in [1.29, 1.82) is 0 Å². The van der Waals surface area contributed by atoms with E-state index in [0.29, 0.717) is 30.2 Å². The summed E-state index contributed by atoms with van der Waals surface area (Å²) in [5, 5.41) is 4.98. The van der Waals surface area contributed by atoms with Crippen LogP contribution in [0.2, 0.25) is 0 Å². The van der Waals surface area contributed by atoms with Crippen LogP contribution in [0.5, 0.6) is 5.75 Å². The molecule has 2 aromatic rings. The Morgan fingerprint density at radius 1 is 1.33 bits per heavy atom. The van der Waals surface area contributed by atoms with Crippen LogP contribution >= 0.6 is 11.3 Å². The van der Waals surface area contributed by atoms with E-state index < -0.39 is 0 Å². The minimum Gasteiger partial charge on any atom is -0.492 e. The molecule has 0 fully saturated rings. The molecule has 0 unspecified atom stereocenters. The van der Waals surface area contributed by atoms with Crippen LogP contribution in [-0.4, -0.2) is 12.5 Å². The topological polar surface area (TPSA) is 64.3 Å². The summed E-state index contributed by atoms with van der Waals surface area (Å²) in [5.74, 6) is 0.487. The van der Waals surface area contributed by atoms with E-state index in [1.807, 2.05) is 6.92 Å². The maximum Gasteiger partial charge on any atom is 0.251 e.